The summed E-state index contributed by atoms with van der Waals surface area (Å²) in [5, 5.41) is 4.30. The Bertz CT molecular complexity index is 2980. The predicted octanol–water partition coefficient (Wildman–Crippen LogP) is 13.6. The van der Waals surface area contributed by atoms with E-state index >= 15 is 0 Å². The Kier molecular flexibility index (Phi) is 7.08. The van der Waals surface area contributed by atoms with Gasteiger partial charge in [0.1, 0.15) is 11.4 Å². The van der Waals surface area contributed by atoms with Crippen LogP contribution in [0.2, 0.25) is 0 Å². The number of fused-ring (bicyclic) bond motifs is 8. The molecule has 0 atom stereocenters. The van der Waals surface area contributed by atoms with Crippen LogP contribution in [0, 0.1) is 0 Å². The first-order chi connectivity index (χ1) is 27.3. The van der Waals surface area contributed by atoms with Crippen molar-refractivity contribution in [1.82, 2.24) is 4.98 Å². The molecule has 0 amide bonds. The maximum atomic E-state index is 6.67. The van der Waals surface area contributed by atoms with Crippen molar-refractivity contribution in [3.05, 3.63) is 229 Å². The molecule has 0 saturated carbocycles. The second kappa shape index (κ2) is 12.4. The van der Waals surface area contributed by atoms with Gasteiger partial charge in [0.05, 0.1) is 11.1 Å². The van der Waals surface area contributed by atoms with Crippen molar-refractivity contribution < 1.29 is 4.42 Å². The maximum absolute atomic E-state index is 6.67. The van der Waals surface area contributed by atoms with Gasteiger partial charge in [0.25, 0.3) is 0 Å². The van der Waals surface area contributed by atoms with E-state index in [1.54, 1.807) is 0 Å². The van der Waals surface area contributed by atoms with Crippen LogP contribution in [0.1, 0.15) is 22.3 Å². The van der Waals surface area contributed by atoms with Gasteiger partial charge in [0.15, 0.2) is 0 Å². The third-order valence-corrected chi connectivity index (χ3v) is 11.4. The lowest BCUT2D eigenvalue weighted by Crippen LogP contribution is -2.28. The number of hydrogen-bond donors (Lipinski definition) is 0. The number of anilines is 3. The molecule has 3 heteroatoms. The van der Waals surface area contributed by atoms with Crippen LogP contribution >= 0.6 is 0 Å². The lowest BCUT2D eigenvalue weighted by atomic mass is 9.68. The van der Waals surface area contributed by atoms with E-state index in [0.717, 1.165) is 49.9 Å². The average molecular weight is 703 g/mol. The number of aromatic nitrogens is 1. The Morgan fingerprint density at radius 1 is 0.436 bits per heavy atom. The van der Waals surface area contributed by atoms with Crippen LogP contribution < -0.4 is 4.90 Å². The Morgan fingerprint density at radius 2 is 1.05 bits per heavy atom. The van der Waals surface area contributed by atoms with E-state index in [4.69, 9.17) is 9.40 Å². The lowest BCUT2D eigenvalue weighted by molar-refractivity contribution is 0.658. The number of hydrogen-bond acceptors (Lipinski definition) is 3. The first-order valence-corrected chi connectivity index (χ1v) is 18.8. The van der Waals surface area contributed by atoms with Crippen molar-refractivity contribution in [3.8, 4) is 22.3 Å². The second-order valence-corrected chi connectivity index (χ2v) is 14.3. The van der Waals surface area contributed by atoms with E-state index in [9.17, 15) is 0 Å². The third kappa shape index (κ3) is 4.73. The number of furan rings is 1. The summed E-state index contributed by atoms with van der Waals surface area (Å²) >= 11 is 0. The molecule has 0 unspecified atom stereocenters. The van der Waals surface area contributed by atoms with Crippen molar-refractivity contribution in [3.63, 3.8) is 0 Å². The fraction of sp³-hybridized carbons (Fsp3) is 0.0192. The summed E-state index contributed by atoms with van der Waals surface area (Å²) in [5.41, 5.74) is 12.7. The van der Waals surface area contributed by atoms with Crippen molar-refractivity contribution in [1.29, 1.82) is 0 Å². The van der Waals surface area contributed by atoms with Gasteiger partial charge in [-0.3, -0.25) is 4.90 Å². The smallest absolute Gasteiger partial charge is 0.229 e. The van der Waals surface area contributed by atoms with Crippen LogP contribution in [0.15, 0.2) is 211 Å². The molecule has 0 saturated heterocycles. The van der Waals surface area contributed by atoms with Crippen LogP contribution in [-0.4, -0.2) is 4.98 Å². The van der Waals surface area contributed by atoms with Crippen LogP contribution in [0.3, 0.4) is 0 Å². The standard InChI is InChI=1S/C52H34N2O/c1-4-15-35(16-5-1)36-27-30-40(31-28-36)54(48-34-33-43-42-32-29-37-17-10-11-22-41(37)50(42)55-51(43)53-48)47-26-14-25-46-49(47)44-23-12-13-24-45(44)52(46,38-18-6-2-7-19-38)39-20-8-3-9-21-39/h1-34H. The van der Waals surface area contributed by atoms with E-state index in [-0.39, 0.29) is 0 Å². The normalized spacial score (nSPS) is 12.9. The van der Waals surface area contributed by atoms with E-state index in [1.165, 1.54) is 38.9 Å². The molecule has 1 aliphatic carbocycles. The summed E-state index contributed by atoms with van der Waals surface area (Å²) in [6.07, 6.45) is 0. The molecule has 258 valence electrons. The highest BCUT2D eigenvalue weighted by molar-refractivity contribution is 6.14. The minimum Gasteiger partial charge on any atom is -0.437 e. The highest BCUT2D eigenvalue weighted by Gasteiger charge is 2.47. The zero-order valence-electron chi connectivity index (χ0n) is 29.9. The predicted molar refractivity (Wildman–Crippen MR) is 226 cm³/mol. The van der Waals surface area contributed by atoms with E-state index < -0.39 is 5.41 Å². The number of pyridine rings is 1. The highest BCUT2D eigenvalue weighted by atomic mass is 16.3. The van der Waals surface area contributed by atoms with Crippen molar-refractivity contribution >= 4 is 50.0 Å². The largest absolute Gasteiger partial charge is 0.437 e. The van der Waals surface area contributed by atoms with Crippen molar-refractivity contribution in [2.45, 2.75) is 5.41 Å². The van der Waals surface area contributed by atoms with Crippen molar-refractivity contribution in [2.24, 2.45) is 0 Å². The highest BCUT2D eigenvalue weighted by Crippen LogP contribution is 2.59. The molecule has 10 aromatic rings. The molecular formula is C52H34N2O. The van der Waals surface area contributed by atoms with Crippen LogP contribution in [0.4, 0.5) is 17.2 Å². The number of benzene rings is 8. The quantitative estimate of drug-likeness (QED) is 0.173. The summed E-state index contributed by atoms with van der Waals surface area (Å²) in [6, 6.07) is 73.9. The lowest BCUT2D eigenvalue weighted by Gasteiger charge is -2.34. The van der Waals surface area contributed by atoms with Gasteiger partial charge in [0.2, 0.25) is 5.71 Å². The van der Waals surface area contributed by atoms with E-state index in [2.05, 4.69) is 211 Å². The minimum absolute atomic E-state index is 0.523. The molecule has 55 heavy (non-hydrogen) atoms. The molecule has 0 radical (unpaired) electrons. The molecular weight excluding hydrogens is 669 g/mol. The molecule has 0 spiro atoms. The van der Waals surface area contributed by atoms with Gasteiger partial charge < -0.3 is 4.42 Å². The Hall–Kier alpha value is -7.23. The van der Waals surface area contributed by atoms with Crippen LogP contribution in [-0.2, 0) is 5.41 Å². The monoisotopic (exact) mass is 702 g/mol. The van der Waals surface area contributed by atoms with Gasteiger partial charge in [-0.15, -0.1) is 0 Å². The molecule has 0 N–H and O–H groups in total. The zero-order chi connectivity index (χ0) is 36.3. The molecule has 3 nitrogen and oxygen atoms in total. The number of rotatable bonds is 6. The summed E-state index contributed by atoms with van der Waals surface area (Å²) in [7, 11) is 0. The third-order valence-electron chi connectivity index (χ3n) is 11.4. The van der Waals surface area contributed by atoms with Gasteiger partial charge in [-0.25, -0.2) is 0 Å². The topological polar surface area (TPSA) is 29.3 Å². The SMILES string of the molecule is c1ccc(-c2ccc(N(c3ccc4c(n3)oc3c5ccccc5ccc43)c3cccc4c3-c3ccccc3C4(c3ccccc3)c3ccccc3)cc2)cc1. The summed E-state index contributed by atoms with van der Waals surface area (Å²) < 4.78 is 6.67. The molecule has 0 aliphatic heterocycles. The first-order valence-electron chi connectivity index (χ1n) is 18.8. The van der Waals surface area contributed by atoms with Crippen molar-refractivity contribution in [2.75, 3.05) is 4.90 Å². The molecule has 2 heterocycles. The van der Waals surface area contributed by atoms with E-state index in [1.807, 2.05) is 0 Å². The second-order valence-electron chi connectivity index (χ2n) is 14.3. The van der Waals surface area contributed by atoms with Gasteiger partial charge in [-0.2, -0.15) is 4.98 Å². The molecule has 11 rings (SSSR count). The Balaban J connectivity index is 1.18. The molecule has 2 aromatic heterocycles. The molecule has 1 aliphatic rings. The summed E-state index contributed by atoms with van der Waals surface area (Å²) in [4.78, 5) is 7.65. The zero-order valence-corrected chi connectivity index (χ0v) is 29.9. The molecule has 0 bridgehead atoms. The van der Waals surface area contributed by atoms with E-state index in [0.29, 0.717) is 5.71 Å². The molecule has 0 fully saturated rings. The van der Waals surface area contributed by atoms with Gasteiger partial charge in [-0.1, -0.05) is 170 Å². The minimum atomic E-state index is -0.523. The Morgan fingerprint density at radius 3 is 1.82 bits per heavy atom. The summed E-state index contributed by atoms with van der Waals surface area (Å²) in [5.74, 6) is 0.783. The van der Waals surface area contributed by atoms with Gasteiger partial charge in [-0.05, 0) is 80.7 Å². The molecule has 8 aromatic carbocycles. The maximum Gasteiger partial charge on any atom is 0.229 e. The van der Waals surface area contributed by atoms with Crippen LogP contribution in [0.5, 0.6) is 0 Å². The first kappa shape index (κ1) is 31.3. The fourth-order valence-corrected chi connectivity index (χ4v) is 8.99. The fourth-order valence-electron chi connectivity index (χ4n) is 8.99. The summed E-state index contributed by atoms with van der Waals surface area (Å²) in [6.45, 7) is 0. The van der Waals surface area contributed by atoms with Gasteiger partial charge in [0, 0.05) is 27.4 Å². The Labute approximate surface area is 319 Å². The number of nitrogens with zero attached hydrogens (tertiary/aromatic N) is 2. The average Bonchev–Trinajstić information content (AvgIpc) is 3.79. The van der Waals surface area contributed by atoms with Crippen LogP contribution in [0.25, 0.3) is 55.1 Å². The van der Waals surface area contributed by atoms with Gasteiger partial charge >= 0.3 is 0 Å².